The molecule has 0 bridgehead atoms. The molecule has 100 valence electrons. The molecule has 0 radical (unpaired) electrons. The molecule has 0 spiro atoms. The van der Waals surface area contributed by atoms with Crippen LogP contribution in [-0.4, -0.2) is 7.11 Å². The predicted octanol–water partition coefficient (Wildman–Crippen LogP) is 4.09. The van der Waals surface area contributed by atoms with Crippen LogP contribution in [0.3, 0.4) is 0 Å². The molecule has 3 heteroatoms. The Kier molecular flexibility index (Phi) is 3.20. The average Bonchev–Trinajstić information content (AvgIpc) is 2.88. The van der Waals surface area contributed by atoms with Crippen molar-refractivity contribution in [1.82, 2.24) is 0 Å². The van der Waals surface area contributed by atoms with Crippen LogP contribution in [0.5, 0.6) is 5.75 Å². The molecule has 1 aromatic carbocycles. The Labute approximate surface area is 113 Å². The summed E-state index contributed by atoms with van der Waals surface area (Å²) in [4.78, 5) is 0. The van der Waals surface area contributed by atoms with Gasteiger partial charge in [-0.2, -0.15) is 0 Å². The van der Waals surface area contributed by atoms with Crippen molar-refractivity contribution in [2.45, 2.75) is 32.2 Å². The van der Waals surface area contributed by atoms with Crippen molar-refractivity contribution in [2.75, 3.05) is 12.4 Å². The lowest BCUT2D eigenvalue weighted by Crippen LogP contribution is -2.15. The molecule has 0 amide bonds. The third kappa shape index (κ3) is 2.33. The van der Waals surface area contributed by atoms with Gasteiger partial charge in [-0.25, -0.2) is 0 Å². The van der Waals surface area contributed by atoms with Crippen molar-refractivity contribution in [3.05, 3.63) is 47.4 Å². The zero-order valence-corrected chi connectivity index (χ0v) is 11.4. The molecule has 1 atom stereocenters. The quantitative estimate of drug-likeness (QED) is 0.899. The number of benzene rings is 1. The molecule has 0 fully saturated rings. The molecule has 3 rings (SSSR count). The van der Waals surface area contributed by atoms with Crippen molar-refractivity contribution in [2.24, 2.45) is 0 Å². The van der Waals surface area contributed by atoms with E-state index >= 15 is 0 Å². The van der Waals surface area contributed by atoms with E-state index in [9.17, 15) is 0 Å². The molecule has 19 heavy (non-hydrogen) atoms. The van der Waals surface area contributed by atoms with E-state index in [1.165, 1.54) is 12.0 Å². The summed E-state index contributed by atoms with van der Waals surface area (Å²) in [6.07, 6.45) is 5.18. The minimum atomic E-state index is 0.357. The Bertz CT molecular complexity index is 574. The zero-order valence-electron chi connectivity index (χ0n) is 11.4. The fourth-order valence-corrected chi connectivity index (χ4v) is 2.81. The Morgan fingerprint density at radius 1 is 1.32 bits per heavy atom. The molecule has 1 aromatic heterocycles. The van der Waals surface area contributed by atoms with Gasteiger partial charge in [0.15, 0.2) is 0 Å². The van der Waals surface area contributed by atoms with E-state index in [1.54, 1.807) is 13.4 Å². The van der Waals surface area contributed by atoms with Crippen molar-refractivity contribution in [3.8, 4) is 5.75 Å². The van der Waals surface area contributed by atoms with Crippen LogP contribution < -0.4 is 10.1 Å². The predicted molar refractivity (Wildman–Crippen MR) is 75.7 cm³/mol. The molecule has 2 aromatic rings. The molecule has 0 aliphatic heterocycles. The number of aryl methyl sites for hydroxylation is 2. The van der Waals surface area contributed by atoms with Crippen LogP contribution in [0.25, 0.3) is 0 Å². The van der Waals surface area contributed by atoms with Crippen molar-refractivity contribution >= 4 is 5.69 Å². The molecule has 1 aliphatic carbocycles. The average molecular weight is 257 g/mol. The van der Waals surface area contributed by atoms with Crippen LogP contribution in [-0.2, 0) is 6.42 Å². The number of furan rings is 1. The second-order valence-electron chi connectivity index (χ2n) is 5.07. The number of hydrogen-bond donors (Lipinski definition) is 1. The third-order valence-corrected chi connectivity index (χ3v) is 3.79. The van der Waals surface area contributed by atoms with Crippen LogP contribution in [0.15, 0.2) is 34.9 Å². The van der Waals surface area contributed by atoms with Crippen LogP contribution in [0, 0.1) is 6.92 Å². The summed E-state index contributed by atoms with van der Waals surface area (Å²) in [5.41, 5.74) is 3.59. The van der Waals surface area contributed by atoms with Gasteiger partial charge in [0.05, 0.1) is 19.4 Å². The van der Waals surface area contributed by atoms with Gasteiger partial charge in [-0.15, -0.1) is 0 Å². The highest BCUT2D eigenvalue weighted by Gasteiger charge is 2.22. The van der Waals surface area contributed by atoms with E-state index < -0.39 is 0 Å². The smallest absolute Gasteiger partial charge is 0.121 e. The molecule has 1 unspecified atom stereocenters. The first-order chi connectivity index (χ1) is 9.28. The van der Waals surface area contributed by atoms with Gasteiger partial charge < -0.3 is 14.5 Å². The molecular formula is C16H19NO2. The molecule has 1 aliphatic rings. The topological polar surface area (TPSA) is 34.4 Å². The second-order valence-corrected chi connectivity index (χ2v) is 5.07. The second kappa shape index (κ2) is 5.00. The fraction of sp³-hybridized carbons (Fsp3) is 0.375. The fourth-order valence-electron chi connectivity index (χ4n) is 2.81. The number of anilines is 1. The first-order valence-electron chi connectivity index (χ1n) is 6.75. The van der Waals surface area contributed by atoms with Gasteiger partial charge >= 0.3 is 0 Å². The standard InChI is InChI=1S/C16H19NO2/c1-11-10-12(6-7-15(11)18-2)17-14-4-3-5-16-13(14)8-9-19-16/h6-10,14,17H,3-5H2,1-2H3. The zero-order chi connectivity index (χ0) is 13.2. The molecule has 3 nitrogen and oxygen atoms in total. The molecular weight excluding hydrogens is 238 g/mol. The Morgan fingerprint density at radius 3 is 3.00 bits per heavy atom. The first kappa shape index (κ1) is 12.2. The van der Waals surface area contributed by atoms with Crippen LogP contribution in [0.4, 0.5) is 5.69 Å². The van der Waals surface area contributed by atoms with Gasteiger partial charge in [0.25, 0.3) is 0 Å². The van der Waals surface area contributed by atoms with Crippen LogP contribution >= 0.6 is 0 Å². The van der Waals surface area contributed by atoms with E-state index in [1.807, 2.05) is 6.07 Å². The van der Waals surface area contributed by atoms with Crippen molar-refractivity contribution < 1.29 is 9.15 Å². The maximum Gasteiger partial charge on any atom is 0.121 e. The Hall–Kier alpha value is -1.90. The summed E-state index contributed by atoms with van der Waals surface area (Å²) >= 11 is 0. The monoisotopic (exact) mass is 257 g/mol. The van der Waals surface area contributed by atoms with Crippen molar-refractivity contribution in [3.63, 3.8) is 0 Å². The molecule has 1 N–H and O–H groups in total. The summed E-state index contributed by atoms with van der Waals surface area (Å²) in [5.74, 6) is 2.06. The van der Waals surface area contributed by atoms with Crippen LogP contribution in [0.1, 0.15) is 35.8 Å². The number of fused-ring (bicyclic) bond motifs is 1. The van der Waals surface area contributed by atoms with Crippen LogP contribution in [0.2, 0.25) is 0 Å². The number of hydrogen-bond acceptors (Lipinski definition) is 3. The molecule has 1 heterocycles. The largest absolute Gasteiger partial charge is 0.496 e. The SMILES string of the molecule is COc1ccc(NC2CCCc3occc32)cc1C. The van der Waals surface area contributed by atoms with E-state index in [0.717, 1.165) is 35.6 Å². The van der Waals surface area contributed by atoms with E-state index in [4.69, 9.17) is 9.15 Å². The summed E-state index contributed by atoms with van der Waals surface area (Å²) in [6, 6.07) is 8.66. The maximum atomic E-state index is 5.52. The van der Waals surface area contributed by atoms with Gasteiger partial charge in [0.2, 0.25) is 0 Å². The minimum Gasteiger partial charge on any atom is -0.496 e. The normalized spacial score (nSPS) is 17.9. The van der Waals surface area contributed by atoms with Gasteiger partial charge in [0.1, 0.15) is 11.5 Å². The number of methoxy groups -OCH3 is 1. The Balaban J connectivity index is 1.81. The van der Waals surface area contributed by atoms with Gasteiger partial charge in [0, 0.05) is 17.7 Å². The van der Waals surface area contributed by atoms with Crippen molar-refractivity contribution in [1.29, 1.82) is 0 Å². The lowest BCUT2D eigenvalue weighted by atomic mass is 9.93. The number of nitrogens with one attached hydrogen (secondary N) is 1. The van der Waals surface area contributed by atoms with Gasteiger partial charge in [-0.05, 0) is 49.6 Å². The summed E-state index contributed by atoms with van der Waals surface area (Å²) in [5, 5.41) is 3.60. The number of ether oxygens (including phenoxy) is 1. The van der Waals surface area contributed by atoms with E-state index in [2.05, 4.69) is 30.4 Å². The first-order valence-corrected chi connectivity index (χ1v) is 6.75. The Morgan fingerprint density at radius 2 is 2.21 bits per heavy atom. The highest BCUT2D eigenvalue weighted by atomic mass is 16.5. The lowest BCUT2D eigenvalue weighted by molar-refractivity contribution is 0.411. The summed E-state index contributed by atoms with van der Waals surface area (Å²) in [6.45, 7) is 2.06. The summed E-state index contributed by atoms with van der Waals surface area (Å²) in [7, 11) is 1.70. The highest BCUT2D eigenvalue weighted by molar-refractivity contribution is 5.52. The lowest BCUT2D eigenvalue weighted by Gasteiger charge is -2.24. The highest BCUT2D eigenvalue weighted by Crippen LogP contribution is 2.34. The summed E-state index contributed by atoms with van der Waals surface area (Å²) < 4.78 is 10.8. The molecule has 0 saturated heterocycles. The maximum absolute atomic E-state index is 5.52. The molecule has 0 saturated carbocycles. The third-order valence-electron chi connectivity index (χ3n) is 3.79. The van der Waals surface area contributed by atoms with E-state index in [0.29, 0.717) is 6.04 Å². The van der Waals surface area contributed by atoms with Gasteiger partial charge in [-0.3, -0.25) is 0 Å². The van der Waals surface area contributed by atoms with Gasteiger partial charge in [-0.1, -0.05) is 0 Å². The minimum absolute atomic E-state index is 0.357. The number of rotatable bonds is 3. The van der Waals surface area contributed by atoms with E-state index in [-0.39, 0.29) is 0 Å².